The Hall–Kier alpha value is -5.71. The van der Waals surface area contributed by atoms with Crippen molar-refractivity contribution in [2.75, 3.05) is 32.9 Å². The highest BCUT2D eigenvalue weighted by Gasteiger charge is 2.28. The molecule has 0 bridgehead atoms. The Balaban J connectivity index is 0.000000536. The molecule has 0 aliphatic carbocycles. The molecule has 0 heterocycles. The molecular weight excluding hydrogens is 979 g/mol. The van der Waals surface area contributed by atoms with Crippen LogP contribution in [0.3, 0.4) is 0 Å². The molecule has 0 fully saturated rings. The summed E-state index contributed by atoms with van der Waals surface area (Å²) >= 11 is 0. The van der Waals surface area contributed by atoms with Crippen molar-refractivity contribution in [3.8, 4) is 28.7 Å². The third kappa shape index (κ3) is 30.4. The number of aromatic hydroxyl groups is 4. The van der Waals surface area contributed by atoms with Gasteiger partial charge in [0.05, 0.1) is 30.9 Å². The standard InChI is InChI=1S/C23H38O3.C19H30O3.C15H23NO2.C10H14O2/c1-3-5-7-9-10-12-14-20(13-11-8-6-4-2)19-26-23(25)21-15-17-22(24)18-16-21;1-8-9-10-22-17(21)13-11-14(18(2,3)4)16(20)15(12-13)19(5,6)7;1-3-5-11-16(12-6-4-2)15(18)13-7-9-14(17)10-8-13;1-2-3-8-12-10-6-4-9(11)5-7-10/h15-18,20,24H,3-14,19H2,1-2H3;11-12,20H,8-10H2,1-7H3;7-10,17H,3-6,11-12H2,1-2H3;4-7,11H,2-3,8H2,1H3. The average molecular weight is 1080 g/mol. The van der Waals surface area contributed by atoms with Crippen molar-refractivity contribution >= 4 is 17.8 Å². The number of hydrogen-bond acceptors (Lipinski definition) is 10. The molecule has 4 aromatic rings. The fourth-order valence-electron chi connectivity index (χ4n) is 8.22. The molecule has 4 rings (SSSR count). The summed E-state index contributed by atoms with van der Waals surface area (Å²) in [6.07, 6.45) is 23.5. The number of carbonyl (C=O) groups excluding carboxylic acids is 3. The molecule has 0 spiro atoms. The van der Waals surface area contributed by atoms with E-state index >= 15 is 0 Å². The predicted molar refractivity (Wildman–Crippen MR) is 322 cm³/mol. The van der Waals surface area contributed by atoms with Gasteiger partial charge in [-0.25, -0.2) is 9.59 Å². The summed E-state index contributed by atoms with van der Waals surface area (Å²) in [5.41, 5.74) is 2.74. The van der Waals surface area contributed by atoms with E-state index < -0.39 is 0 Å². The Bertz CT molecular complexity index is 2150. The molecule has 0 aromatic heterocycles. The van der Waals surface area contributed by atoms with Crippen LogP contribution in [0.15, 0.2) is 84.9 Å². The first-order valence-corrected chi connectivity index (χ1v) is 29.7. The maximum Gasteiger partial charge on any atom is 0.338 e. The van der Waals surface area contributed by atoms with Crippen molar-refractivity contribution in [3.05, 3.63) is 113 Å². The lowest BCUT2D eigenvalue weighted by Crippen LogP contribution is -2.32. The van der Waals surface area contributed by atoms with Crippen LogP contribution in [0.4, 0.5) is 0 Å². The van der Waals surface area contributed by atoms with Crippen LogP contribution in [-0.2, 0) is 20.3 Å². The molecule has 0 saturated carbocycles. The highest BCUT2D eigenvalue weighted by molar-refractivity contribution is 5.94. The number of unbranched alkanes of at least 4 members (excludes halogenated alkanes) is 12. The minimum Gasteiger partial charge on any atom is -0.508 e. The number of nitrogens with zero attached hydrogens (tertiary/aromatic N) is 1. The number of hydrogen-bond donors (Lipinski definition) is 4. The van der Waals surface area contributed by atoms with Gasteiger partial charge in [0.25, 0.3) is 5.91 Å². The summed E-state index contributed by atoms with van der Waals surface area (Å²) < 4.78 is 16.3. The lowest BCUT2D eigenvalue weighted by atomic mass is 9.78. The Morgan fingerprint density at radius 2 is 0.833 bits per heavy atom. The minimum atomic E-state index is -0.315. The molecule has 0 aliphatic rings. The maximum atomic E-state index is 12.3. The van der Waals surface area contributed by atoms with Crippen LogP contribution in [0.25, 0.3) is 0 Å². The second kappa shape index (κ2) is 40.5. The lowest BCUT2D eigenvalue weighted by molar-refractivity contribution is 0.0421. The molecule has 0 saturated heterocycles. The fraction of sp³-hybridized carbons (Fsp3) is 0.597. The Kier molecular flexibility index (Phi) is 36.5. The second-order valence-electron chi connectivity index (χ2n) is 22.6. The van der Waals surface area contributed by atoms with E-state index in [2.05, 4.69) is 41.5 Å². The lowest BCUT2D eigenvalue weighted by Gasteiger charge is -2.27. The van der Waals surface area contributed by atoms with Gasteiger partial charge < -0.3 is 39.5 Å². The zero-order valence-corrected chi connectivity index (χ0v) is 50.5. The normalized spacial score (nSPS) is 11.4. The highest BCUT2D eigenvalue weighted by atomic mass is 16.5. The van der Waals surface area contributed by atoms with Crippen LogP contribution in [0, 0.1) is 5.92 Å². The molecule has 0 aliphatic heterocycles. The van der Waals surface area contributed by atoms with Crippen molar-refractivity contribution in [1.82, 2.24) is 4.90 Å². The molecular formula is C67H105NO10. The Morgan fingerprint density at radius 1 is 0.449 bits per heavy atom. The number of ether oxygens (including phenoxy) is 3. The van der Waals surface area contributed by atoms with Gasteiger partial charge in [0, 0.05) is 29.8 Å². The van der Waals surface area contributed by atoms with Gasteiger partial charge in [-0.2, -0.15) is 0 Å². The van der Waals surface area contributed by atoms with Crippen LogP contribution in [0.1, 0.15) is 254 Å². The first-order valence-electron chi connectivity index (χ1n) is 29.7. The maximum absolute atomic E-state index is 12.3. The van der Waals surface area contributed by atoms with E-state index in [9.17, 15) is 29.7 Å². The van der Waals surface area contributed by atoms with E-state index in [-0.39, 0.29) is 51.7 Å². The number of rotatable bonds is 30. The van der Waals surface area contributed by atoms with Gasteiger partial charge >= 0.3 is 11.9 Å². The topological polar surface area (TPSA) is 163 Å². The number of carbonyl (C=O) groups is 3. The largest absolute Gasteiger partial charge is 0.508 e. The van der Waals surface area contributed by atoms with E-state index in [1.54, 1.807) is 72.8 Å². The third-order valence-corrected chi connectivity index (χ3v) is 13.2. The molecule has 4 N–H and O–H groups in total. The van der Waals surface area contributed by atoms with Crippen molar-refractivity contribution in [2.24, 2.45) is 5.92 Å². The number of amides is 1. The average Bonchev–Trinajstić information content (AvgIpc) is 3.40. The monoisotopic (exact) mass is 1080 g/mol. The van der Waals surface area contributed by atoms with E-state index in [1.807, 2.05) is 46.4 Å². The number of phenols is 4. The van der Waals surface area contributed by atoms with E-state index in [1.165, 1.54) is 76.3 Å². The molecule has 11 nitrogen and oxygen atoms in total. The first kappa shape index (κ1) is 70.3. The molecule has 11 heteroatoms. The zero-order valence-electron chi connectivity index (χ0n) is 50.5. The molecule has 1 unspecified atom stereocenters. The summed E-state index contributed by atoms with van der Waals surface area (Å²) in [5, 5.41) is 38.2. The Morgan fingerprint density at radius 3 is 1.28 bits per heavy atom. The van der Waals surface area contributed by atoms with Gasteiger partial charge in [-0.15, -0.1) is 0 Å². The highest BCUT2D eigenvalue weighted by Crippen LogP contribution is 2.40. The molecule has 1 atom stereocenters. The number of benzene rings is 4. The smallest absolute Gasteiger partial charge is 0.338 e. The summed E-state index contributed by atoms with van der Waals surface area (Å²) in [7, 11) is 0. The number of esters is 2. The third-order valence-electron chi connectivity index (χ3n) is 13.2. The molecule has 78 heavy (non-hydrogen) atoms. The molecule has 1 amide bonds. The summed E-state index contributed by atoms with van der Waals surface area (Å²) in [4.78, 5) is 38.7. The van der Waals surface area contributed by atoms with Gasteiger partial charge in [0.2, 0.25) is 0 Å². The van der Waals surface area contributed by atoms with Gasteiger partial charge in [0.1, 0.15) is 28.7 Å². The van der Waals surface area contributed by atoms with E-state index in [0.717, 1.165) is 101 Å². The van der Waals surface area contributed by atoms with E-state index in [0.29, 0.717) is 35.8 Å². The van der Waals surface area contributed by atoms with Crippen molar-refractivity contribution in [3.63, 3.8) is 0 Å². The van der Waals surface area contributed by atoms with Crippen molar-refractivity contribution in [2.45, 2.75) is 222 Å². The Labute approximate surface area is 472 Å². The quantitative estimate of drug-likeness (QED) is 0.0292. The first-order chi connectivity index (χ1) is 37.2. The van der Waals surface area contributed by atoms with Crippen molar-refractivity contribution in [1.29, 1.82) is 0 Å². The van der Waals surface area contributed by atoms with Gasteiger partial charge in [0.15, 0.2) is 0 Å². The summed E-state index contributed by atoms with van der Waals surface area (Å²) in [6, 6.07) is 23.1. The van der Waals surface area contributed by atoms with Crippen molar-refractivity contribution < 1.29 is 49.0 Å². The molecule has 4 aromatic carbocycles. The molecule has 438 valence electrons. The zero-order chi connectivity index (χ0) is 58.4. The number of phenolic OH excluding ortho intramolecular Hbond substituents is 4. The van der Waals surface area contributed by atoms with Gasteiger partial charge in [-0.3, -0.25) is 4.79 Å². The van der Waals surface area contributed by atoms with Crippen LogP contribution < -0.4 is 4.74 Å². The van der Waals surface area contributed by atoms with Gasteiger partial charge in [-0.1, -0.05) is 173 Å². The van der Waals surface area contributed by atoms with Crippen LogP contribution >= 0.6 is 0 Å². The minimum absolute atomic E-state index is 0.0666. The second-order valence-corrected chi connectivity index (χ2v) is 22.6. The van der Waals surface area contributed by atoms with Crippen LogP contribution in [0.5, 0.6) is 28.7 Å². The summed E-state index contributed by atoms with van der Waals surface area (Å²) in [5.74, 6) is 1.68. The van der Waals surface area contributed by atoms with Crippen LogP contribution in [0.2, 0.25) is 0 Å². The van der Waals surface area contributed by atoms with Gasteiger partial charge in [-0.05, 0) is 140 Å². The fourth-order valence-corrected chi connectivity index (χ4v) is 8.22. The predicted octanol–water partition coefficient (Wildman–Crippen LogP) is 17.8. The molecule has 0 radical (unpaired) electrons. The summed E-state index contributed by atoms with van der Waals surface area (Å²) in [6.45, 7) is 28.4. The van der Waals surface area contributed by atoms with Crippen LogP contribution in [-0.4, -0.2) is 76.1 Å². The van der Waals surface area contributed by atoms with E-state index in [4.69, 9.17) is 19.3 Å². The SMILES string of the molecule is CCCCCCCCC(CCCCCC)COC(=O)c1ccc(O)cc1.CCCCN(CCCC)C(=O)c1ccc(O)cc1.CCCCOC(=O)c1cc(C(C)(C)C)c(O)c(C(C)(C)C)c1.CCCCOc1ccc(O)cc1.